The molecule has 2 unspecified atom stereocenters. The van der Waals surface area contributed by atoms with E-state index in [1.54, 1.807) is 23.7 Å². The largest absolute Gasteiger partial charge is 0.491 e. The van der Waals surface area contributed by atoms with Crippen LogP contribution in [0, 0.1) is 24.7 Å². The van der Waals surface area contributed by atoms with E-state index in [1.165, 1.54) is 19.3 Å². The SMILES string of the molecule is Cc1nc(-c2nnn(C)c2COC(=O)N(C)CC2CCC2)ccc1OCC1CCC(C(=O)O)C1. The van der Waals surface area contributed by atoms with E-state index in [-0.39, 0.29) is 24.5 Å². The molecular formula is C24H33N5O5. The molecule has 1 amide bonds. The van der Waals surface area contributed by atoms with Crippen molar-refractivity contribution in [2.24, 2.45) is 24.8 Å². The number of hydrogen-bond acceptors (Lipinski definition) is 7. The van der Waals surface area contributed by atoms with Crippen molar-refractivity contribution in [2.75, 3.05) is 20.2 Å². The van der Waals surface area contributed by atoms with Crippen LogP contribution < -0.4 is 4.74 Å². The topological polar surface area (TPSA) is 120 Å². The van der Waals surface area contributed by atoms with Crippen LogP contribution in [0.4, 0.5) is 4.79 Å². The third-order valence-electron chi connectivity index (χ3n) is 6.99. The van der Waals surface area contributed by atoms with E-state index < -0.39 is 5.97 Å². The first-order chi connectivity index (χ1) is 16.3. The normalized spacial score (nSPS) is 20.1. The number of amides is 1. The van der Waals surface area contributed by atoms with Crippen LogP contribution in [0.5, 0.6) is 5.75 Å². The van der Waals surface area contributed by atoms with Crippen molar-refractivity contribution in [2.45, 2.75) is 52.1 Å². The van der Waals surface area contributed by atoms with Crippen molar-refractivity contribution < 1.29 is 24.2 Å². The van der Waals surface area contributed by atoms with Crippen molar-refractivity contribution >= 4 is 12.1 Å². The maximum absolute atomic E-state index is 12.4. The first-order valence-corrected chi connectivity index (χ1v) is 11.9. The first kappa shape index (κ1) is 24.0. The summed E-state index contributed by atoms with van der Waals surface area (Å²) in [5.41, 5.74) is 2.56. The zero-order chi connectivity index (χ0) is 24.2. The molecule has 0 bridgehead atoms. The maximum atomic E-state index is 12.4. The molecule has 2 aromatic rings. The van der Waals surface area contributed by atoms with Crippen molar-refractivity contribution in [1.82, 2.24) is 24.9 Å². The van der Waals surface area contributed by atoms with Gasteiger partial charge in [-0.3, -0.25) is 4.79 Å². The summed E-state index contributed by atoms with van der Waals surface area (Å²) in [6.07, 6.45) is 5.43. The van der Waals surface area contributed by atoms with Gasteiger partial charge < -0.3 is 19.5 Å². The van der Waals surface area contributed by atoms with Gasteiger partial charge in [-0.15, -0.1) is 5.10 Å². The van der Waals surface area contributed by atoms with E-state index in [0.29, 0.717) is 53.9 Å². The molecule has 1 N–H and O–H groups in total. The number of carbonyl (C=O) groups is 2. The zero-order valence-electron chi connectivity index (χ0n) is 20.1. The van der Waals surface area contributed by atoms with Gasteiger partial charge in [0.2, 0.25) is 0 Å². The lowest BCUT2D eigenvalue weighted by Gasteiger charge is -2.29. The third-order valence-corrected chi connectivity index (χ3v) is 6.99. The predicted molar refractivity (Wildman–Crippen MR) is 123 cm³/mol. The van der Waals surface area contributed by atoms with Gasteiger partial charge in [0, 0.05) is 20.6 Å². The number of ether oxygens (including phenoxy) is 2. The number of aryl methyl sites for hydroxylation is 2. The van der Waals surface area contributed by atoms with Crippen LogP contribution in [0.1, 0.15) is 49.9 Å². The minimum absolute atomic E-state index is 0.0536. The molecule has 184 valence electrons. The quantitative estimate of drug-likeness (QED) is 0.591. The highest BCUT2D eigenvalue weighted by Crippen LogP contribution is 2.32. The molecular weight excluding hydrogens is 438 g/mol. The molecule has 0 aliphatic heterocycles. The molecule has 0 aromatic carbocycles. The van der Waals surface area contributed by atoms with Crippen LogP contribution >= 0.6 is 0 Å². The minimum Gasteiger partial charge on any atom is -0.491 e. The average molecular weight is 472 g/mol. The summed E-state index contributed by atoms with van der Waals surface area (Å²) in [5, 5.41) is 17.5. The summed E-state index contributed by atoms with van der Waals surface area (Å²) < 4.78 is 13.1. The molecule has 2 aliphatic rings. The van der Waals surface area contributed by atoms with Crippen molar-refractivity contribution in [3.63, 3.8) is 0 Å². The number of aromatic nitrogens is 4. The highest BCUT2D eigenvalue weighted by molar-refractivity contribution is 5.70. The highest BCUT2D eigenvalue weighted by atomic mass is 16.6. The second-order valence-electron chi connectivity index (χ2n) is 9.55. The second kappa shape index (κ2) is 10.4. The lowest BCUT2D eigenvalue weighted by molar-refractivity contribution is -0.141. The summed E-state index contributed by atoms with van der Waals surface area (Å²) in [5.74, 6) is 0.491. The van der Waals surface area contributed by atoms with Crippen LogP contribution in [0.2, 0.25) is 0 Å². The summed E-state index contributed by atoms with van der Waals surface area (Å²) in [6, 6.07) is 3.66. The summed E-state index contributed by atoms with van der Waals surface area (Å²) in [7, 11) is 3.52. The molecule has 2 heterocycles. The van der Waals surface area contributed by atoms with E-state index in [2.05, 4.69) is 15.3 Å². The van der Waals surface area contributed by atoms with Crippen molar-refractivity contribution in [1.29, 1.82) is 0 Å². The number of nitrogens with zero attached hydrogens (tertiary/aromatic N) is 5. The smallest absolute Gasteiger partial charge is 0.409 e. The Hall–Kier alpha value is -3.17. The van der Waals surface area contributed by atoms with Crippen LogP contribution in [0.3, 0.4) is 0 Å². The van der Waals surface area contributed by atoms with Gasteiger partial charge in [0.1, 0.15) is 23.7 Å². The van der Waals surface area contributed by atoms with Crippen molar-refractivity contribution in [3.8, 4) is 17.1 Å². The lowest BCUT2D eigenvalue weighted by atomic mass is 9.85. The van der Waals surface area contributed by atoms with Gasteiger partial charge >= 0.3 is 12.1 Å². The standard InChI is InChI=1S/C24H33N5O5/c1-15-21(33-13-17-7-8-18(11-17)23(30)31)10-9-19(25-15)22-20(29(3)27-26-22)14-34-24(32)28(2)12-16-5-4-6-16/h9-10,16-18H,4-8,11-14H2,1-3H3,(H,30,31). The first-order valence-electron chi connectivity index (χ1n) is 11.9. The van der Waals surface area contributed by atoms with E-state index in [9.17, 15) is 14.7 Å². The Balaban J connectivity index is 1.36. The van der Waals surface area contributed by atoms with E-state index in [0.717, 1.165) is 13.0 Å². The molecule has 10 nitrogen and oxygen atoms in total. The number of hydrogen-bond donors (Lipinski definition) is 1. The Morgan fingerprint density at radius 2 is 2.00 bits per heavy atom. The molecule has 0 saturated heterocycles. The number of aliphatic carboxylic acids is 1. The van der Waals surface area contributed by atoms with E-state index >= 15 is 0 Å². The fraction of sp³-hybridized carbons (Fsp3) is 0.625. The number of carbonyl (C=O) groups excluding carboxylic acids is 1. The number of carboxylic acid groups (broad SMARTS) is 1. The Morgan fingerprint density at radius 3 is 2.65 bits per heavy atom. The monoisotopic (exact) mass is 471 g/mol. The molecule has 0 radical (unpaired) electrons. The Labute approximate surface area is 199 Å². The summed E-state index contributed by atoms with van der Waals surface area (Å²) >= 11 is 0. The van der Waals surface area contributed by atoms with Gasteiger partial charge in [0.15, 0.2) is 0 Å². The molecule has 10 heteroatoms. The fourth-order valence-electron chi connectivity index (χ4n) is 4.61. The van der Waals surface area contributed by atoms with Crippen molar-refractivity contribution in [3.05, 3.63) is 23.5 Å². The number of rotatable bonds is 9. The van der Waals surface area contributed by atoms with Crippen LogP contribution in [0.15, 0.2) is 12.1 Å². The molecule has 0 spiro atoms. The molecule has 2 aromatic heterocycles. The molecule has 2 atom stereocenters. The highest BCUT2D eigenvalue weighted by Gasteiger charge is 2.30. The van der Waals surface area contributed by atoms with E-state index in [1.807, 2.05) is 19.1 Å². The van der Waals surface area contributed by atoms with Gasteiger partial charge in [-0.05, 0) is 63.0 Å². The van der Waals surface area contributed by atoms with Gasteiger partial charge in [-0.2, -0.15) is 0 Å². The van der Waals surface area contributed by atoms with Gasteiger partial charge in [-0.25, -0.2) is 14.5 Å². The van der Waals surface area contributed by atoms with Gasteiger partial charge in [0.25, 0.3) is 0 Å². The fourth-order valence-corrected chi connectivity index (χ4v) is 4.61. The van der Waals surface area contributed by atoms with Crippen LogP contribution in [0.25, 0.3) is 11.4 Å². The maximum Gasteiger partial charge on any atom is 0.409 e. The Morgan fingerprint density at radius 1 is 1.21 bits per heavy atom. The molecule has 2 fully saturated rings. The molecule has 4 rings (SSSR count). The van der Waals surface area contributed by atoms with E-state index in [4.69, 9.17) is 9.47 Å². The molecule has 2 aliphatic carbocycles. The Bertz CT molecular complexity index is 1030. The van der Waals surface area contributed by atoms with Gasteiger partial charge in [-0.1, -0.05) is 11.6 Å². The third kappa shape index (κ3) is 5.48. The number of carboxylic acids is 1. The molecule has 2 saturated carbocycles. The van der Waals surface area contributed by atoms with Crippen LogP contribution in [-0.4, -0.2) is 62.2 Å². The average Bonchev–Trinajstić information content (AvgIpc) is 3.40. The zero-order valence-corrected chi connectivity index (χ0v) is 20.1. The number of pyridine rings is 1. The summed E-state index contributed by atoms with van der Waals surface area (Å²) in [6.45, 7) is 3.11. The Kier molecular flexibility index (Phi) is 7.33. The lowest BCUT2D eigenvalue weighted by Crippen LogP contribution is -2.34. The summed E-state index contributed by atoms with van der Waals surface area (Å²) in [4.78, 5) is 29.8. The van der Waals surface area contributed by atoms with Crippen LogP contribution in [-0.2, 0) is 23.2 Å². The second-order valence-corrected chi connectivity index (χ2v) is 9.55. The molecule has 34 heavy (non-hydrogen) atoms. The predicted octanol–water partition coefficient (Wildman–Crippen LogP) is 3.43. The van der Waals surface area contributed by atoms with Gasteiger partial charge in [0.05, 0.1) is 23.9 Å². The minimum atomic E-state index is -0.722.